The van der Waals surface area contributed by atoms with Gasteiger partial charge in [0.15, 0.2) is 0 Å². The van der Waals surface area contributed by atoms with Crippen LogP contribution in [0.2, 0.25) is 0 Å². The second-order valence-corrected chi connectivity index (χ2v) is 1.88. The molecule has 3 heteroatoms. The molecule has 2 N–H and O–H groups in total. The highest BCUT2D eigenvalue weighted by atomic mass is 16.4. The maximum absolute atomic E-state index is 8.08. The first-order chi connectivity index (χ1) is 4.33. The van der Waals surface area contributed by atoms with Gasteiger partial charge in [0, 0.05) is 6.20 Å². The summed E-state index contributed by atoms with van der Waals surface area (Å²) in [5.41, 5.74) is 1.94. The predicted octanol–water partition coefficient (Wildman–Crippen LogP) is 1.13. The molecule has 0 aromatic carbocycles. The number of oxime groups is 1. The fourth-order valence-electron chi connectivity index (χ4n) is 0.663. The summed E-state index contributed by atoms with van der Waals surface area (Å²) in [6, 6.07) is 1.89. The van der Waals surface area contributed by atoms with Gasteiger partial charge in [0.25, 0.3) is 0 Å². The quantitative estimate of drug-likeness (QED) is 0.329. The zero-order valence-corrected chi connectivity index (χ0v) is 5.13. The second kappa shape index (κ2) is 2.35. The molecule has 0 atom stereocenters. The van der Waals surface area contributed by atoms with Crippen molar-refractivity contribution in [3.63, 3.8) is 0 Å². The number of aryl methyl sites for hydroxylation is 1. The van der Waals surface area contributed by atoms with Gasteiger partial charge in [0.1, 0.15) is 0 Å². The van der Waals surface area contributed by atoms with Gasteiger partial charge in [0.05, 0.1) is 11.9 Å². The maximum atomic E-state index is 8.08. The van der Waals surface area contributed by atoms with E-state index >= 15 is 0 Å². The van der Waals surface area contributed by atoms with Crippen LogP contribution in [-0.2, 0) is 0 Å². The van der Waals surface area contributed by atoms with Crippen molar-refractivity contribution < 1.29 is 5.21 Å². The van der Waals surface area contributed by atoms with Crippen LogP contribution < -0.4 is 0 Å². The summed E-state index contributed by atoms with van der Waals surface area (Å²) >= 11 is 0. The number of H-pyrrole nitrogens is 1. The summed E-state index contributed by atoms with van der Waals surface area (Å²) in [6.45, 7) is 1.96. The van der Waals surface area contributed by atoms with Crippen molar-refractivity contribution in [1.29, 1.82) is 0 Å². The van der Waals surface area contributed by atoms with Crippen LogP contribution in [0.3, 0.4) is 0 Å². The monoisotopic (exact) mass is 124 g/mol. The standard InChI is InChI=1S/C6H8N2O/c1-5-2-6(4-8-9)7-3-5/h2-4,7,9H,1H3. The molecular weight excluding hydrogens is 116 g/mol. The molecular formula is C6H8N2O. The molecule has 1 rings (SSSR count). The summed E-state index contributed by atoms with van der Waals surface area (Å²) in [5.74, 6) is 0. The Labute approximate surface area is 53.0 Å². The van der Waals surface area contributed by atoms with Gasteiger partial charge in [-0.1, -0.05) is 5.16 Å². The molecule has 0 saturated carbocycles. The third kappa shape index (κ3) is 1.32. The number of aromatic amines is 1. The van der Waals surface area contributed by atoms with Crippen LogP contribution in [-0.4, -0.2) is 16.4 Å². The van der Waals surface area contributed by atoms with E-state index in [-0.39, 0.29) is 0 Å². The van der Waals surface area contributed by atoms with E-state index in [4.69, 9.17) is 5.21 Å². The summed E-state index contributed by atoms with van der Waals surface area (Å²) in [6.07, 6.45) is 3.20. The third-order valence-electron chi connectivity index (χ3n) is 1.05. The van der Waals surface area contributed by atoms with E-state index in [0.29, 0.717) is 0 Å². The SMILES string of the molecule is Cc1c[nH]c(C=NO)c1. The van der Waals surface area contributed by atoms with Crippen LogP contribution in [0.5, 0.6) is 0 Å². The second-order valence-electron chi connectivity index (χ2n) is 1.88. The molecule has 0 amide bonds. The average molecular weight is 124 g/mol. The molecule has 1 aromatic heterocycles. The first kappa shape index (κ1) is 5.88. The van der Waals surface area contributed by atoms with E-state index in [1.807, 2.05) is 19.2 Å². The highest BCUT2D eigenvalue weighted by Gasteiger charge is 1.88. The Morgan fingerprint density at radius 3 is 3.00 bits per heavy atom. The van der Waals surface area contributed by atoms with Crippen molar-refractivity contribution >= 4 is 6.21 Å². The van der Waals surface area contributed by atoms with Crippen molar-refractivity contribution in [2.24, 2.45) is 5.16 Å². The molecule has 0 bridgehead atoms. The lowest BCUT2D eigenvalue weighted by atomic mass is 10.3. The van der Waals surface area contributed by atoms with Crippen molar-refractivity contribution in [2.45, 2.75) is 6.92 Å². The molecule has 0 aliphatic rings. The van der Waals surface area contributed by atoms with Gasteiger partial charge in [-0.15, -0.1) is 0 Å². The summed E-state index contributed by atoms with van der Waals surface area (Å²) < 4.78 is 0. The van der Waals surface area contributed by atoms with Crippen LogP contribution in [0.4, 0.5) is 0 Å². The van der Waals surface area contributed by atoms with Crippen molar-refractivity contribution in [3.8, 4) is 0 Å². The first-order valence-corrected chi connectivity index (χ1v) is 2.65. The minimum atomic E-state index is 0.815. The van der Waals surface area contributed by atoms with Crippen LogP contribution in [0.25, 0.3) is 0 Å². The van der Waals surface area contributed by atoms with Crippen LogP contribution in [0, 0.1) is 6.92 Å². The topological polar surface area (TPSA) is 48.4 Å². The van der Waals surface area contributed by atoms with Crippen LogP contribution in [0.1, 0.15) is 11.3 Å². The minimum absolute atomic E-state index is 0.815. The highest BCUT2D eigenvalue weighted by molar-refractivity contribution is 5.76. The Morgan fingerprint density at radius 1 is 1.78 bits per heavy atom. The number of nitrogens with one attached hydrogen (secondary N) is 1. The molecule has 0 aliphatic heterocycles. The molecule has 1 heterocycles. The number of aromatic nitrogens is 1. The lowest BCUT2D eigenvalue weighted by molar-refractivity contribution is 0.321. The van der Waals surface area contributed by atoms with E-state index in [2.05, 4.69) is 10.1 Å². The molecule has 0 aliphatic carbocycles. The summed E-state index contributed by atoms with van der Waals surface area (Å²) in [4.78, 5) is 2.90. The zero-order chi connectivity index (χ0) is 6.69. The van der Waals surface area contributed by atoms with E-state index in [1.54, 1.807) is 0 Å². The molecule has 0 spiro atoms. The summed E-state index contributed by atoms with van der Waals surface area (Å²) in [5, 5.41) is 10.9. The Balaban J connectivity index is 2.85. The normalized spacial score (nSPS) is 10.8. The molecule has 48 valence electrons. The zero-order valence-electron chi connectivity index (χ0n) is 5.13. The first-order valence-electron chi connectivity index (χ1n) is 2.65. The van der Waals surface area contributed by atoms with Crippen molar-refractivity contribution in [2.75, 3.05) is 0 Å². The van der Waals surface area contributed by atoms with Gasteiger partial charge >= 0.3 is 0 Å². The smallest absolute Gasteiger partial charge is 0.0896 e. The van der Waals surface area contributed by atoms with Crippen LogP contribution in [0.15, 0.2) is 17.4 Å². The minimum Gasteiger partial charge on any atom is -0.411 e. The highest BCUT2D eigenvalue weighted by Crippen LogP contribution is 1.97. The molecule has 0 radical (unpaired) electrons. The van der Waals surface area contributed by atoms with Gasteiger partial charge in [-0.25, -0.2) is 0 Å². The largest absolute Gasteiger partial charge is 0.411 e. The van der Waals surface area contributed by atoms with E-state index in [1.165, 1.54) is 6.21 Å². The van der Waals surface area contributed by atoms with Crippen molar-refractivity contribution in [1.82, 2.24) is 4.98 Å². The fraction of sp³-hybridized carbons (Fsp3) is 0.167. The van der Waals surface area contributed by atoms with Gasteiger partial charge in [-0.2, -0.15) is 0 Å². The maximum Gasteiger partial charge on any atom is 0.0896 e. The van der Waals surface area contributed by atoms with Gasteiger partial charge < -0.3 is 10.2 Å². The van der Waals surface area contributed by atoms with Gasteiger partial charge in [0.2, 0.25) is 0 Å². The third-order valence-corrected chi connectivity index (χ3v) is 1.05. The predicted molar refractivity (Wildman–Crippen MR) is 34.9 cm³/mol. The van der Waals surface area contributed by atoms with Gasteiger partial charge in [-0.05, 0) is 18.6 Å². The van der Waals surface area contributed by atoms with Gasteiger partial charge in [-0.3, -0.25) is 0 Å². The fourth-order valence-corrected chi connectivity index (χ4v) is 0.663. The van der Waals surface area contributed by atoms with Crippen LogP contribution >= 0.6 is 0 Å². The molecule has 1 aromatic rings. The Hall–Kier alpha value is -1.25. The number of hydrogen-bond donors (Lipinski definition) is 2. The molecule has 3 nitrogen and oxygen atoms in total. The Bertz CT molecular complexity index is 215. The number of nitrogens with zero attached hydrogens (tertiary/aromatic N) is 1. The van der Waals surface area contributed by atoms with E-state index in [9.17, 15) is 0 Å². The van der Waals surface area contributed by atoms with Crippen molar-refractivity contribution in [3.05, 3.63) is 23.5 Å². The molecule has 9 heavy (non-hydrogen) atoms. The number of hydrogen-bond acceptors (Lipinski definition) is 2. The lowest BCUT2D eigenvalue weighted by Crippen LogP contribution is -1.76. The number of rotatable bonds is 1. The Morgan fingerprint density at radius 2 is 2.56 bits per heavy atom. The average Bonchev–Trinajstić information content (AvgIpc) is 2.17. The van der Waals surface area contributed by atoms with E-state index < -0.39 is 0 Å². The summed E-state index contributed by atoms with van der Waals surface area (Å²) in [7, 11) is 0. The molecule has 0 saturated heterocycles. The lowest BCUT2D eigenvalue weighted by Gasteiger charge is -1.76. The van der Waals surface area contributed by atoms with E-state index in [0.717, 1.165) is 11.3 Å². The molecule has 0 unspecified atom stereocenters. The molecule has 0 fully saturated rings. The Kier molecular flexibility index (Phi) is 1.53.